The molecule has 0 aromatic heterocycles. The molecule has 0 saturated carbocycles. The molecule has 8 nitrogen and oxygen atoms in total. The van der Waals surface area contributed by atoms with Gasteiger partial charge in [0.05, 0.1) is 27.4 Å². The third-order valence-corrected chi connectivity index (χ3v) is 5.22. The summed E-state index contributed by atoms with van der Waals surface area (Å²) in [5, 5.41) is 51.9. The van der Waals surface area contributed by atoms with E-state index in [1.165, 1.54) is 38.5 Å². The molecule has 3 atom stereocenters. The highest BCUT2D eigenvalue weighted by Gasteiger charge is 2.60. The SMILES string of the molecule is COc1cc(C[C@@]2(O)CO[C@H](c3ccc(O)c(OC)c3)[C@@]2(O)CO)ccc1O. The minimum Gasteiger partial charge on any atom is -0.504 e. The number of aliphatic hydroxyl groups excluding tert-OH is 1. The molecule has 2 aromatic rings. The van der Waals surface area contributed by atoms with Crippen molar-refractivity contribution < 1.29 is 39.7 Å². The zero-order valence-electron chi connectivity index (χ0n) is 15.6. The van der Waals surface area contributed by atoms with E-state index in [9.17, 15) is 25.5 Å². The van der Waals surface area contributed by atoms with Crippen molar-refractivity contribution in [2.75, 3.05) is 27.4 Å². The predicted molar refractivity (Wildman–Crippen MR) is 98.7 cm³/mol. The molecule has 8 heteroatoms. The highest BCUT2D eigenvalue weighted by atomic mass is 16.5. The van der Waals surface area contributed by atoms with Crippen LogP contribution in [0.2, 0.25) is 0 Å². The van der Waals surface area contributed by atoms with Crippen molar-refractivity contribution >= 4 is 0 Å². The average Bonchev–Trinajstić information content (AvgIpc) is 2.95. The molecule has 1 aliphatic heterocycles. The van der Waals surface area contributed by atoms with Gasteiger partial charge < -0.3 is 39.7 Å². The number of hydrogen-bond acceptors (Lipinski definition) is 8. The first-order valence-electron chi connectivity index (χ1n) is 8.68. The van der Waals surface area contributed by atoms with Crippen LogP contribution in [-0.4, -0.2) is 64.2 Å². The monoisotopic (exact) mass is 392 g/mol. The molecule has 0 radical (unpaired) electrons. The van der Waals surface area contributed by atoms with Crippen LogP contribution in [0.15, 0.2) is 36.4 Å². The van der Waals surface area contributed by atoms with E-state index in [0.717, 1.165) is 0 Å². The zero-order valence-corrected chi connectivity index (χ0v) is 15.6. The van der Waals surface area contributed by atoms with Crippen molar-refractivity contribution in [2.45, 2.75) is 23.7 Å². The van der Waals surface area contributed by atoms with Crippen LogP contribution in [0.4, 0.5) is 0 Å². The van der Waals surface area contributed by atoms with Crippen LogP contribution in [0, 0.1) is 0 Å². The molecule has 2 aromatic carbocycles. The summed E-state index contributed by atoms with van der Waals surface area (Å²) < 4.78 is 15.8. The van der Waals surface area contributed by atoms with Gasteiger partial charge in [0.15, 0.2) is 23.0 Å². The number of ether oxygens (including phenoxy) is 3. The lowest BCUT2D eigenvalue weighted by atomic mass is 9.76. The van der Waals surface area contributed by atoms with Crippen molar-refractivity contribution in [3.05, 3.63) is 47.5 Å². The van der Waals surface area contributed by atoms with Crippen LogP contribution >= 0.6 is 0 Å². The fourth-order valence-corrected chi connectivity index (χ4v) is 3.56. The van der Waals surface area contributed by atoms with Gasteiger partial charge in [-0.3, -0.25) is 0 Å². The van der Waals surface area contributed by atoms with Crippen LogP contribution in [0.5, 0.6) is 23.0 Å². The number of rotatable bonds is 6. The summed E-state index contributed by atoms with van der Waals surface area (Å²) in [6.45, 7) is -0.992. The average molecular weight is 392 g/mol. The predicted octanol–water partition coefficient (Wildman–Crippen LogP) is 0.883. The summed E-state index contributed by atoms with van der Waals surface area (Å²) in [4.78, 5) is 0. The first-order chi connectivity index (χ1) is 13.3. The maximum atomic E-state index is 11.2. The topological polar surface area (TPSA) is 129 Å². The third-order valence-electron chi connectivity index (χ3n) is 5.22. The Hall–Kier alpha value is -2.52. The maximum absolute atomic E-state index is 11.2. The highest BCUT2D eigenvalue weighted by molar-refractivity contribution is 5.45. The first kappa shape index (κ1) is 20.2. The molecule has 0 bridgehead atoms. The Labute approximate surface area is 162 Å². The van der Waals surface area contributed by atoms with Gasteiger partial charge in [-0.2, -0.15) is 0 Å². The normalized spacial score (nSPS) is 27.0. The van der Waals surface area contributed by atoms with Crippen LogP contribution < -0.4 is 9.47 Å². The van der Waals surface area contributed by atoms with Gasteiger partial charge in [-0.15, -0.1) is 0 Å². The summed E-state index contributed by atoms with van der Waals surface area (Å²) in [6, 6.07) is 8.95. The Balaban J connectivity index is 1.94. The molecule has 1 saturated heterocycles. The standard InChI is InChI=1S/C20H24O8/c1-26-16-7-12(3-5-14(16)22)9-19(24)11-28-18(20(19,25)10-21)13-4-6-15(23)17(8-13)27-2/h3-8,18,21-25H,9-11H2,1-2H3/t18-,19-,20+/m1/s1. The second kappa shape index (κ2) is 7.48. The Bertz CT molecular complexity index is 854. The van der Waals surface area contributed by atoms with E-state index in [1.54, 1.807) is 12.1 Å². The van der Waals surface area contributed by atoms with E-state index < -0.39 is 23.9 Å². The number of benzene rings is 2. The molecule has 152 valence electrons. The smallest absolute Gasteiger partial charge is 0.160 e. The Morgan fingerprint density at radius 2 is 1.61 bits per heavy atom. The van der Waals surface area contributed by atoms with E-state index in [1.807, 2.05) is 0 Å². The lowest BCUT2D eigenvalue weighted by Gasteiger charge is -2.38. The van der Waals surface area contributed by atoms with E-state index in [4.69, 9.17) is 14.2 Å². The van der Waals surface area contributed by atoms with E-state index in [0.29, 0.717) is 11.1 Å². The summed E-state index contributed by atoms with van der Waals surface area (Å²) in [5.74, 6) is 0.281. The number of hydrogen-bond donors (Lipinski definition) is 5. The fourth-order valence-electron chi connectivity index (χ4n) is 3.56. The lowest BCUT2D eigenvalue weighted by Crippen LogP contribution is -2.58. The molecule has 0 unspecified atom stereocenters. The number of methoxy groups -OCH3 is 2. The molecule has 0 amide bonds. The van der Waals surface area contributed by atoms with Crippen molar-refractivity contribution in [1.82, 2.24) is 0 Å². The molecule has 0 aliphatic carbocycles. The Morgan fingerprint density at radius 3 is 2.21 bits per heavy atom. The minimum absolute atomic E-state index is 0.0487. The maximum Gasteiger partial charge on any atom is 0.160 e. The molecule has 0 spiro atoms. The molecule has 1 aliphatic rings. The molecule has 1 fully saturated rings. The van der Waals surface area contributed by atoms with Gasteiger partial charge in [0.2, 0.25) is 0 Å². The van der Waals surface area contributed by atoms with Crippen LogP contribution in [0.25, 0.3) is 0 Å². The number of phenolic OH excluding ortho intramolecular Hbond substituents is 2. The summed E-state index contributed by atoms with van der Waals surface area (Å²) in [5.41, 5.74) is -2.80. The van der Waals surface area contributed by atoms with Gasteiger partial charge in [-0.25, -0.2) is 0 Å². The summed E-state index contributed by atoms with van der Waals surface area (Å²) in [7, 11) is 2.80. The van der Waals surface area contributed by atoms with Crippen molar-refractivity contribution in [3.8, 4) is 23.0 Å². The first-order valence-corrected chi connectivity index (χ1v) is 8.68. The number of aromatic hydroxyl groups is 2. The minimum atomic E-state index is -2.01. The molecule has 5 N–H and O–H groups in total. The van der Waals surface area contributed by atoms with Gasteiger partial charge >= 0.3 is 0 Å². The lowest BCUT2D eigenvalue weighted by molar-refractivity contribution is -0.158. The van der Waals surface area contributed by atoms with Crippen LogP contribution in [-0.2, 0) is 11.2 Å². The van der Waals surface area contributed by atoms with Crippen molar-refractivity contribution in [1.29, 1.82) is 0 Å². The second-order valence-electron chi connectivity index (χ2n) is 6.92. The largest absolute Gasteiger partial charge is 0.504 e. The zero-order chi connectivity index (χ0) is 20.5. The van der Waals surface area contributed by atoms with Crippen molar-refractivity contribution in [2.24, 2.45) is 0 Å². The summed E-state index contributed by atoms with van der Waals surface area (Å²) >= 11 is 0. The van der Waals surface area contributed by atoms with E-state index in [2.05, 4.69) is 0 Å². The molecule has 3 rings (SSSR count). The van der Waals surface area contributed by atoms with Gasteiger partial charge in [-0.1, -0.05) is 12.1 Å². The Morgan fingerprint density at radius 1 is 1.00 bits per heavy atom. The fraction of sp³-hybridized carbons (Fsp3) is 0.400. The van der Waals surface area contributed by atoms with Gasteiger partial charge in [0.25, 0.3) is 0 Å². The van der Waals surface area contributed by atoms with Gasteiger partial charge in [-0.05, 0) is 35.4 Å². The van der Waals surface area contributed by atoms with Crippen molar-refractivity contribution in [3.63, 3.8) is 0 Å². The van der Waals surface area contributed by atoms with Gasteiger partial charge in [0.1, 0.15) is 17.3 Å². The summed E-state index contributed by atoms with van der Waals surface area (Å²) in [6.07, 6.45) is -1.09. The third kappa shape index (κ3) is 3.24. The van der Waals surface area contributed by atoms with E-state index in [-0.39, 0.29) is 36.0 Å². The molecule has 1 heterocycles. The van der Waals surface area contributed by atoms with Crippen LogP contribution in [0.3, 0.4) is 0 Å². The number of phenols is 2. The van der Waals surface area contributed by atoms with Gasteiger partial charge in [0, 0.05) is 6.42 Å². The van der Waals surface area contributed by atoms with E-state index >= 15 is 0 Å². The molecular weight excluding hydrogens is 368 g/mol. The number of aliphatic hydroxyl groups is 3. The Kier molecular flexibility index (Phi) is 5.40. The highest BCUT2D eigenvalue weighted by Crippen LogP contribution is 2.47. The molecular formula is C20H24O8. The van der Waals surface area contributed by atoms with Crippen LogP contribution in [0.1, 0.15) is 17.2 Å². The quantitative estimate of drug-likeness (QED) is 0.490. The molecule has 28 heavy (non-hydrogen) atoms. The second-order valence-corrected chi connectivity index (χ2v) is 6.92.